The number of nitrogens with zero attached hydrogens (tertiary/aromatic N) is 3. The lowest BCUT2D eigenvalue weighted by atomic mass is 10.1. The zero-order chi connectivity index (χ0) is 12.3. The summed E-state index contributed by atoms with van der Waals surface area (Å²) in [6, 6.07) is 0.516. The smallest absolute Gasteiger partial charge is 0.131 e. The molecule has 1 aromatic heterocycles. The van der Waals surface area contributed by atoms with Gasteiger partial charge in [0.25, 0.3) is 0 Å². The molecule has 1 heterocycles. The van der Waals surface area contributed by atoms with E-state index in [1.807, 2.05) is 18.7 Å². The Morgan fingerprint density at radius 2 is 2.12 bits per heavy atom. The van der Waals surface area contributed by atoms with Gasteiger partial charge in [0, 0.05) is 25.7 Å². The van der Waals surface area contributed by atoms with Crippen molar-refractivity contribution in [2.24, 2.45) is 7.05 Å². The fraction of sp³-hybridized carbons (Fsp3) is 0.750. The van der Waals surface area contributed by atoms with Gasteiger partial charge in [-0.05, 0) is 20.3 Å². The van der Waals surface area contributed by atoms with E-state index >= 15 is 0 Å². The van der Waals surface area contributed by atoms with Crippen LogP contribution in [-0.4, -0.2) is 22.9 Å². The number of halogens is 1. The number of anilines is 1. The summed E-state index contributed by atoms with van der Waals surface area (Å²) in [6.07, 6.45) is 2.38. The van der Waals surface area contributed by atoms with Crippen molar-refractivity contribution < 1.29 is 0 Å². The fourth-order valence-electron chi connectivity index (χ4n) is 2.11. The highest BCUT2D eigenvalue weighted by molar-refractivity contribution is 6.17. The largest absolute Gasteiger partial charge is 0.357 e. The zero-order valence-corrected chi connectivity index (χ0v) is 11.7. The Hall–Kier alpha value is -0.700. The van der Waals surface area contributed by atoms with E-state index in [9.17, 15) is 0 Å². The normalized spacial score (nSPS) is 12.9. The second kappa shape index (κ2) is 5.58. The maximum absolute atomic E-state index is 6.00. The van der Waals surface area contributed by atoms with Gasteiger partial charge in [-0.1, -0.05) is 13.3 Å². The average Bonchev–Trinajstić information content (AvgIpc) is 2.52. The quantitative estimate of drug-likeness (QED) is 0.741. The van der Waals surface area contributed by atoms with Crippen molar-refractivity contribution in [2.75, 3.05) is 11.9 Å². The topological polar surface area (TPSA) is 21.1 Å². The Balaban J connectivity index is 3.02. The number of alkyl halides is 1. The van der Waals surface area contributed by atoms with E-state index in [1.54, 1.807) is 0 Å². The molecule has 0 spiro atoms. The van der Waals surface area contributed by atoms with E-state index in [0.717, 1.165) is 17.1 Å². The molecule has 1 rings (SSSR count). The molecule has 0 aliphatic carbocycles. The van der Waals surface area contributed by atoms with Crippen LogP contribution in [0.15, 0.2) is 0 Å². The number of rotatable bonds is 5. The molecular formula is C12H22ClN3. The lowest BCUT2D eigenvalue weighted by Gasteiger charge is -2.27. The van der Waals surface area contributed by atoms with Gasteiger partial charge in [-0.25, -0.2) is 0 Å². The Labute approximate surface area is 103 Å². The summed E-state index contributed by atoms with van der Waals surface area (Å²) in [5, 5.41) is 4.44. The molecule has 0 amide bonds. The summed E-state index contributed by atoms with van der Waals surface area (Å²) in [5.74, 6) is 1.67. The van der Waals surface area contributed by atoms with Crippen molar-refractivity contribution in [3.05, 3.63) is 11.3 Å². The molecule has 0 fully saturated rings. The Morgan fingerprint density at radius 3 is 2.62 bits per heavy atom. The minimum Gasteiger partial charge on any atom is -0.357 e. The van der Waals surface area contributed by atoms with Crippen molar-refractivity contribution in [1.29, 1.82) is 0 Å². The van der Waals surface area contributed by atoms with Crippen LogP contribution in [0.5, 0.6) is 0 Å². The van der Waals surface area contributed by atoms with Crippen LogP contribution in [0.4, 0.5) is 5.82 Å². The van der Waals surface area contributed by atoms with Crippen LogP contribution in [0.1, 0.15) is 37.9 Å². The van der Waals surface area contributed by atoms with Crippen molar-refractivity contribution in [3.8, 4) is 0 Å². The van der Waals surface area contributed by atoms with Crippen LogP contribution in [0.2, 0.25) is 0 Å². The van der Waals surface area contributed by atoms with Gasteiger partial charge in [0.1, 0.15) is 5.82 Å². The second-order valence-electron chi connectivity index (χ2n) is 4.39. The molecular weight excluding hydrogens is 222 g/mol. The van der Waals surface area contributed by atoms with Gasteiger partial charge < -0.3 is 4.90 Å². The molecule has 1 atom stereocenters. The van der Waals surface area contributed by atoms with Gasteiger partial charge in [0.15, 0.2) is 0 Å². The first-order valence-electron chi connectivity index (χ1n) is 5.84. The van der Waals surface area contributed by atoms with Crippen molar-refractivity contribution in [2.45, 2.75) is 45.5 Å². The first-order valence-corrected chi connectivity index (χ1v) is 6.37. The van der Waals surface area contributed by atoms with E-state index < -0.39 is 0 Å². The van der Waals surface area contributed by atoms with Gasteiger partial charge in [0.2, 0.25) is 0 Å². The van der Waals surface area contributed by atoms with Crippen LogP contribution in [0.3, 0.4) is 0 Å². The summed E-state index contributed by atoms with van der Waals surface area (Å²) in [7, 11) is 4.10. The summed E-state index contributed by atoms with van der Waals surface area (Å²) in [5.41, 5.74) is 2.18. The fourth-order valence-corrected chi connectivity index (χ4v) is 2.42. The lowest BCUT2D eigenvalue weighted by Crippen LogP contribution is -2.31. The van der Waals surface area contributed by atoms with Gasteiger partial charge >= 0.3 is 0 Å². The molecule has 0 saturated heterocycles. The summed E-state index contributed by atoms with van der Waals surface area (Å²) in [6.45, 7) is 6.46. The van der Waals surface area contributed by atoms with E-state index in [-0.39, 0.29) is 0 Å². The highest BCUT2D eigenvalue weighted by Gasteiger charge is 2.19. The lowest BCUT2D eigenvalue weighted by molar-refractivity contribution is 0.594. The molecule has 1 unspecified atom stereocenters. The molecule has 1 aromatic rings. The predicted molar refractivity (Wildman–Crippen MR) is 70.3 cm³/mol. The van der Waals surface area contributed by atoms with Crippen LogP contribution in [0.25, 0.3) is 0 Å². The molecule has 4 heteroatoms. The highest BCUT2D eigenvalue weighted by Crippen LogP contribution is 2.26. The Bertz CT molecular complexity index is 346. The molecule has 0 aliphatic heterocycles. The summed E-state index contributed by atoms with van der Waals surface area (Å²) in [4.78, 5) is 2.28. The Morgan fingerprint density at radius 1 is 1.50 bits per heavy atom. The third kappa shape index (κ3) is 2.51. The highest BCUT2D eigenvalue weighted by atomic mass is 35.5. The van der Waals surface area contributed by atoms with Crippen LogP contribution in [0, 0.1) is 6.92 Å². The Kier molecular flexibility index (Phi) is 4.66. The van der Waals surface area contributed by atoms with Gasteiger partial charge in [0.05, 0.1) is 11.6 Å². The van der Waals surface area contributed by atoms with Gasteiger partial charge in [-0.2, -0.15) is 5.10 Å². The van der Waals surface area contributed by atoms with Crippen LogP contribution < -0.4 is 4.90 Å². The van der Waals surface area contributed by atoms with E-state index in [4.69, 9.17) is 11.6 Å². The third-order valence-corrected chi connectivity index (χ3v) is 3.42. The summed E-state index contributed by atoms with van der Waals surface area (Å²) < 4.78 is 1.93. The zero-order valence-electron chi connectivity index (χ0n) is 10.9. The number of aromatic nitrogens is 2. The molecule has 0 aliphatic rings. The van der Waals surface area contributed by atoms with Crippen LogP contribution >= 0.6 is 11.6 Å². The maximum atomic E-state index is 6.00. The van der Waals surface area contributed by atoms with Crippen molar-refractivity contribution in [1.82, 2.24) is 9.78 Å². The molecule has 0 radical (unpaired) electrons. The minimum atomic E-state index is 0.516. The third-order valence-electron chi connectivity index (χ3n) is 3.15. The average molecular weight is 244 g/mol. The predicted octanol–water partition coefficient (Wildman–Crippen LogP) is 3.09. The summed E-state index contributed by atoms with van der Waals surface area (Å²) >= 11 is 6.00. The number of hydrogen-bond donors (Lipinski definition) is 0. The first-order chi connectivity index (χ1) is 7.52. The molecule has 0 saturated carbocycles. The van der Waals surface area contributed by atoms with Gasteiger partial charge in [-0.15, -0.1) is 11.6 Å². The van der Waals surface area contributed by atoms with E-state index in [1.165, 1.54) is 12.8 Å². The van der Waals surface area contributed by atoms with Crippen molar-refractivity contribution >= 4 is 17.4 Å². The molecule has 0 aromatic carbocycles. The van der Waals surface area contributed by atoms with Gasteiger partial charge in [-0.3, -0.25) is 4.68 Å². The number of aryl methyl sites for hydroxylation is 2. The minimum absolute atomic E-state index is 0.516. The standard InChI is InChI=1S/C12H22ClN3/c1-6-7-9(2)15(4)12-11(8-13)10(3)14-16(12)5/h9H,6-8H2,1-5H3. The first kappa shape index (κ1) is 13.4. The maximum Gasteiger partial charge on any atom is 0.131 e. The van der Waals surface area contributed by atoms with E-state index in [0.29, 0.717) is 11.9 Å². The molecule has 92 valence electrons. The van der Waals surface area contributed by atoms with Crippen LogP contribution in [-0.2, 0) is 12.9 Å². The molecule has 0 bridgehead atoms. The molecule has 0 N–H and O–H groups in total. The monoisotopic (exact) mass is 243 g/mol. The molecule has 16 heavy (non-hydrogen) atoms. The second-order valence-corrected chi connectivity index (χ2v) is 4.66. The van der Waals surface area contributed by atoms with E-state index in [2.05, 4.69) is 30.9 Å². The molecule has 3 nitrogen and oxygen atoms in total. The van der Waals surface area contributed by atoms with Crippen molar-refractivity contribution in [3.63, 3.8) is 0 Å². The number of hydrogen-bond acceptors (Lipinski definition) is 2. The SMILES string of the molecule is CCCC(C)N(C)c1c(CCl)c(C)nn1C.